The highest BCUT2D eigenvalue weighted by molar-refractivity contribution is 7.98. The van der Waals surface area contributed by atoms with Crippen molar-refractivity contribution in [2.75, 3.05) is 5.73 Å². The van der Waals surface area contributed by atoms with Crippen LogP contribution >= 0.6 is 11.8 Å². The molecule has 0 atom stereocenters. The lowest BCUT2D eigenvalue weighted by molar-refractivity contribution is -0.383. The maximum Gasteiger partial charge on any atom is 0.292 e. The second-order valence-electron chi connectivity index (χ2n) is 3.52. The number of aryl methyl sites for hydroxylation is 1. The Balaban J connectivity index is 2.09. The number of nitrogen functional groups attached to an aromatic ring is 1. The van der Waals surface area contributed by atoms with Crippen LogP contribution in [0.1, 0.15) is 5.56 Å². The summed E-state index contributed by atoms with van der Waals surface area (Å²) in [4.78, 5) is 10.1. The molecular weight excluding hydrogens is 256 g/mol. The van der Waals surface area contributed by atoms with Crippen LogP contribution in [0, 0.1) is 10.1 Å². The molecule has 2 N–H and O–H groups in total. The Bertz CT molecular complexity index is 584. The topological polar surface area (TPSA) is 113 Å². The first kappa shape index (κ1) is 12.3. The van der Waals surface area contributed by atoms with Gasteiger partial charge in [0.05, 0.1) is 4.92 Å². The fraction of sp³-hybridized carbons (Fsp3) is 0.222. The molecule has 1 heterocycles. The summed E-state index contributed by atoms with van der Waals surface area (Å²) in [7, 11) is 1.74. The zero-order valence-corrected chi connectivity index (χ0v) is 10.3. The lowest BCUT2D eigenvalue weighted by Gasteiger charge is -2.02. The van der Waals surface area contributed by atoms with Crippen LogP contribution in [0.25, 0.3) is 0 Å². The number of nitro benzene ring substituents is 1. The molecule has 0 spiro atoms. The minimum atomic E-state index is -0.501. The van der Waals surface area contributed by atoms with Crippen LogP contribution in [0.5, 0.6) is 0 Å². The average molecular weight is 266 g/mol. The Morgan fingerprint density at radius 1 is 1.56 bits per heavy atom. The zero-order valence-electron chi connectivity index (χ0n) is 9.48. The van der Waals surface area contributed by atoms with E-state index in [9.17, 15) is 10.1 Å². The number of hydrogen-bond acceptors (Lipinski definition) is 7. The van der Waals surface area contributed by atoms with Gasteiger partial charge in [0.2, 0.25) is 5.16 Å². The predicted octanol–water partition coefficient (Wildman–Crippen LogP) is 0.993. The molecule has 0 aliphatic heterocycles. The summed E-state index contributed by atoms with van der Waals surface area (Å²) < 4.78 is 1.55. The minimum Gasteiger partial charge on any atom is -0.393 e. The zero-order chi connectivity index (χ0) is 13.1. The Kier molecular flexibility index (Phi) is 3.42. The SMILES string of the molecule is Cn1nnnc1SCc1ccc([N+](=O)[O-])c(N)c1. The third-order valence-electron chi connectivity index (χ3n) is 2.24. The number of hydrogen-bond donors (Lipinski definition) is 1. The molecule has 0 amide bonds. The van der Waals surface area contributed by atoms with E-state index < -0.39 is 4.92 Å². The molecule has 0 unspecified atom stereocenters. The van der Waals surface area contributed by atoms with Crippen LogP contribution in [0.4, 0.5) is 11.4 Å². The Morgan fingerprint density at radius 3 is 2.89 bits per heavy atom. The van der Waals surface area contributed by atoms with Gasteiger partial charge < -0.3 is 5.73 Å². The minimum absolute atomic E-state index is 0.0796. The monoisotopic (exact) mass is 266 g/mol. The number of nitrogens with zero attached hydrogens (tertiary/aromatic N) is 5. The van der Waals surface area contributed by atoms with E-state index in [4.69, 9.17) is 5.73 Å². The van der Waals surface area contributed by atoms with Crippen molar-refractivity contribution in [2.24, 2.45) is 7.05 Å². The van der Waals surface area contributed by atoms with Crippen LogP contribution in [-0.2, 0) is 12.8 Å². The molecule has 0 bridgehead atoms. The highest BCUT2D eigenvalue weighted by Crippen LogP contribution is 2.26. The molecule has 0 saturated heterocycles. The second kappa shape index (κ2) is 5.00. The summed E-state index contributed by atoms with van der Waals surface area (Å²) in [5, 5.41) is 22.3. The highest BCUT2D eigenvalue weighted by Gasteiger charge is 2.11. The maximum atomic E-state index is 10.6. The van der Waals surface area contributed by atoms with Gasteiger partial charge >= 0.3 is 0 Å². The van der Waals surface area contributed by atoms with E-state index >= 15 is 0 Å². The predicted molar refractivity (Wildman–Crippen MR) is 65.9 cm³/mol. The first-order valence-electron chi connectivity index (χ1n) is 4.96. The van der Waals surface area contributed by atoms with Gasteiger partial charge in [0, 0.05) is 18.9 Å². The highest BCUT2D eigenvalue weighted by atomic mass is 32.2. The van der Waals surface area contributed by atoms with Crippen molar-refractivity contribution in [3.63, 3.8) is 0 Å². The molecule has 1 aromatic carbocycles. The van der Waals surface area contributed by atoms with Gasteiger partial charge in [-0.3, -0.25) is 10.1 Å². The fourth-order valence-electron chi connectivity index (χ4n) is 1.35. The number of thioether (sulfide) groups is 1. The van der Waals surface area contributed by atoms with E-state index in [1.807, 2.05) is 0 Å². The number of tetrazole rings is 1. The maximum absolute atomic E-state index is 10.6. The Hall–Kier alpha value is -2.16. The van der Waals surface area contributed by atoms with Crippen molar-refractivity contribution in [3.05, 3.63) is 33.9 Å². The molecule has 0 saturated carbocycles. The number of aromatic nitrogens is 4. The molecule has 8 nitrogen and oxygen atoms in total. The van der Waals surface area contributed by atoms with Gasteiger partial charge in [-0.1, -0.05) is 17.8 Å². The molecule has 18 heavy (non-hydrogen) atoms. The van der Waals surface area contributed by atoms with Crippen LogP contribution < -0.4 is 5.73 Å². The number of rotatable bonds is 4. The molecule has 0 aliphatic carbocycles. The number of benzene rings is 1. The van der Waals surface area contributed by atoms with Crippen molar-refractivity contribution in [3.8, 4) is 0 Å². The first-order valence-corrected chi connectivity index (χ1v) is 5.94. The molecule has 94 valence electrons. The number of nitro groups is 1. The van der Waals surface area contributed by atoms with E-state index in [1.54, 1.807) is 23.9 Å². The summed E-state index contributed by atoms with van der Waals surface area (Å²) in [5.41, 5.74) is 6.57. The molecule has 0 radical (unpaired) electrons. The van der Waals surface area contributed by atoms with Crippen LogP contribution in [-0.4, -0.2) is 25.1 Å². The van der Waals surface area contributed by atoms with Gasteiger partial charge in [-0.2, -0.15) is 0 Å². The molecule has 9 heteroatoms. The lowest BCUT2D eigenvalue weighted by Crippen LogP contribution is -1.97. The molecule has 0 aliphatic rings. The largest absolute Gasteiger partial charge is 0.393 e. The third-order valence-corrected chi connectivity index (χ3v) is 3.32. The van der Waals surface area contributed by atoms with Gasteiger partial charge in [-0.05, 0) is 22.1 Å². The fourth-order valence-corrected chi connectivity index (χ4v) is 2.14. The summed E-state index contributed by atoms with van der Waals surface area (Å²) >= 11 is 1.43. The normalized spacial score (nSPS) is 10.5. The van der Waals surface area contributed by atoms with E-state index in [0.29, 0.717) is 10.9 Å². The standard InChI is InChI=1S/C9H10N6O2S/c1-14-9(11-12-13-14)18-5-6-2-3-8(15(16)17)7(10)4-6/h2-4H,5,10H2,1H3. The van der Waals surface area contributed by atoms with E-state index in [0.717, 1.165) is 5.56 Å². The van der Waals surface area contributed by atoms with Crippen molar-refractivity contribution >= 4 is 23.1 Å². The number of anilines is 1. The van der Waals surface area contributed by atoms with Gasteiger partial charge in [0.25, 0.3) is 5.69 Å². The summed E-state index contributed by atoms with van der Waals surface area (Å²) in [5.74, 6) is 0.594. The molecule has 0 fully saturated rings. The molecular formula is C9H10N6O2S. The summed E-state index contributed by atoms with van der Waals surface area (Å²) in [6.45, 7) is 0. The summed E-state index contributed by atoms with van der Waals surface area (Å²) in [6, 6.07) is 4.67. The Morgan fingerprint density at radius 2 is 2.33 bits per heavy atom. The van der Waals surface area contributed by atoms with Crippen molar-refractivity contribution in [1.82, 2.24) is 20.2 Å². The van der Waals surface area contributed by atoms with E-state index in [2.05, 4.69) is 15.5 Å². The van der Waals surface area contributed by atoms with Crippen molar-refractivity contribution in [2.45, 2.75) is 10.9 Å². The summed E-state index contributed by atoms with van der Waals surface area (Å²) in [6.07, 6.45) is 0. The van der Waals surface area contributed by atoms with Gasteiger partial charge in [0.15, 0.2) is 0 Å². The lowest BCUT2D eigenvalue weighted by atomic mass is 10.2. The second-order valence-corrected chi connectivity index (χ2v) is 4.47. The third kappa shape index (κ3) is 2.56. The van der Waals surface area contributed by atoms with Gasteiger partial charge in [0.1, 0.15) is 5.69 Å². The van der Waals surface area contributed by atoms with Crippen LogP contribution in [0.3, 0.4) is 0 Å². The van der Waals surface area contributed by atoms with Crippen LogP contribution in [0.15, 0.2) is 23.4 Å². The quantitative estimate of drug-likeness (QED) is 0.380. The van der Waals surface area contributed by atoms with Crippen LogP contribution in [0.2, 0.25) is 0 Å². The number of nitrogens with two attached hydrogens (primary N) is 1. The Labute approximate surface area is 106 Å². The van der Waals surface area contributed by atoms with Crippen molar-refractivity contribution < 1.29 is 4.92 Å². The van der Waals surface area contributed by atoms with E-state index in [-0.39, 0.29) is 11.4 Å². The van der Waals surface area contributed by atoms with E-state index in [1.165, 1.54) is 17.8 Å². The first-order chi connectivity index (χ1) is 8.58. The van der Waals surface area contributed by atoms with Gasteiger partial charge in [-0.15, -0.1) is 5.10 Å². The molecule has 2 rings (SSSR count). The van der Waals surface area contributed by atoms with Gasteiger partial charge in [-0.25, -0.2) is 4.68 Å². The molecule has 2 aromatic rings. The molecule has 1 aromatic heterocycles. The average Bonchev–Trinajstić information content (AvgIpc) is 2.72. The van der Waals surface area contributed by atoms with Crippen molar-refractivity contribution in [1.29, 1.82) is 0 Å². The smallest absolute Gasteiger partial charge is 0.292 e.